The van der Waals surface area contributed by atoms with Crippen molar-refractivity contribution in [2.24, 2.45) is 0 Å². The Bertz CT molecular complexity index is 877. The quantitative estimate of drug-likeness (QED) is 0.599. The highest BCUT2D eigenvalue weighted by atomic mass is 32.2. The molecule has 0 amide bonds. The molecule has 0 aliphatic heterocycles. The maximum Gasteiger partial charge on any atom is 0.277 e. The van der Waals surface area contributed by atoms with Crippen LogP contribution in [0.5, 0.6) is 11.5 Å². The molecule has 1 heterocycles. The number of thioether (sulfide) groups is 1. The molecule has 130 valence electrons. The highest BCUT2D eigenvalue weighted by molar-refractivity contribution is 7.98. The molecule has 0 radical (unpaired) electrons. The summed E-state index contributed by atoms with van der Waals surface area (Å²) in [5.41, 5.74) is 4.34. The Labute approximate surface area is 151 Å². The van der Waals surface area contributed by atoms with E-state index < -0.39 is 0 Å². The van der Waals surface area contributed by atoms with Gasteiger partial charge in [-0.3, -0.25) is 0 Å². The van der Waals surface area contributed by atoms with Gasteiger partial charge in [-0.2, -0.15) is 0 Å². The van der Waals surface area contributed by atoms with Gasteiger partial charge in [-0.25, -0.2) is 0 Å². The van der Waals surface area contributed by atoms with E-state index in [-0.39, 0.29) is 0 Å². The Morgan fingerprint density at radius 1 is 0.960 bits per heavy atom. The highest BCUT2D eigenvalue weighted by Gasteiger charge is 2.13. The zero-order valence-corrected chi connectivity index (χ0v) is 15.5. The Kier molecular flexibility index (Phi) is 5.28. The van der Waals surface area contributed by atoms with E-state index in [2.05, 4.69) is 10.2 Å². The number of aryl methyl sites for hydroxylation is 2. The Balaban J connectivity index is 1.76. The first kappa shape index (κ1) is 17.4. The fourth-order valence-electron chi connectivity index (χ4n) is 2.51. The Hall–Kier alpha value is -2.47. The smallest absolute Gasteiger partial charge is 0.277 e. The summed E-state index contributed by atoms with van der Waals surface area (Å²) >= 11 is 1.51. The number of ether oxygens (including phenoxy) is 2. The number of methoxy groups -OCH3 is 2. The van der Waals surface area contributed by atoms with Crippen LogP contribution >= 0.6 is 11.8 Å². The first-order chi connectivity index (χ1) is 12.1. The topological polar surface area (TPSA) is 57.4 Å². The summed E-state index contributed by atoms with van der Waals surface area (Å²) in [6.07, 6.45) is 0. The normalized spacial score (nSPS) is 10.7. The van der Waals surface area contributed by atoms with Crippen molar-refractivity contribution in [1.29, 1.82) is 0 Å². The molecule has 2 aromatic carbocycles. The van der Waals surface area contributed by atoms with Crippen LogP contribution in [0.4, 0.5) is 0 Å². The molecular weight excluding hydrogens is 336 g/mol. The molecule has 0 atom stereocenters. The fraction of sp³-hybridized carbons (Fsp3) is 0.263. The SMILES string of the molecule is COc1cc(C)c(CSc2nnc(-c3ccccc3C)o2)cc1OC. The molecule has 0 N–H and O–H groups in total. The van der Waals surface area contributed by atoms with Crippen LogP contribution in [0.15, 0.2) is 46.0 Å². The zero-order chi connectivity index (χ0) is 17.8. The molecule has 25 heavy (non-hydrogen) atoms. The predicted molar refractivity (Wildman–Crippen MR) is 98.3 cm³/mol. The lowest BCUT2D eigenvalue weighted by molar-refractivity contribution is 0.354. The van der Waals surface area contributed by atoms with E-state index in [4.69, 9.17) is 13.9 Å². The molecule has 0 aliphatic rings. The van der Waals surface area contributed by atoms with E-state index in [0.717, 1.165) is 33.8 Å². The summed E-state index contributed by atoms with van der Waals surface area (Å²) in [6, 6.07) is 11.9. The molecule has 0 unspecified atom stereocenters. The van der Waals surface area contributed by atoms with Crippen LogP contribution in [-0.4, -0.2) is 24.4 Å². The van der Waals surface area contributed by atoms with E-state index in [1.165, 1.54) is 11.8 Å². The lowest BCUT2D eigenvalue weighted by Crippen LogP contribution is -1.95. The second kappa shape index (κ2) is 7.61. The molecule has 0 bridgehead atoms. The molecule has 0 fully saturated rings. The van der Waals surface area contributed by atoms with Gasteiger partial charge in [0.05, 0.1) is 14.2 Å². The summed E-state index contributed by atoms with van der Waals surface area (Å²) in [6.45, 7) is 4.07. The number of benzene rings is 2. The minimum Gasteiger partial charge on any atom is -0.493 e. The molecule has 3 rings (SSSR count). The van der Waals surface area contributed by atoms with Gasteiger partial charge >= 0.3 is 0 Å². The first-order valence-electron chi connectivity index (χ1n) is 7.86. The molecule has 0 aliphatic carbocycles. The van der Waals surface area contributed by atoms with Gasteiger partial charge in [-0.05, 0) is 48.7 Å². The van der Waals surface area contributed by atoms with E-state index >= 15 is 0 Å². The second-order valence-electron chi connectivity index (χ2n) is 5.61. The number of nitrogens with zero attached hydrogens (tertiary/aromatic N) is 2. The molecule has 0 saturated carbocycles. The third-order valence-corrected chi connectivity index (χ3v) is 4.84. The summed E-state index contributed by atoms with van der Waals surface area (Å²) in [5, 5.41) is 8.85. The third kappa shape index (κ3) is 3.79. The van der Waals surface area contributed by atoms with Crippen LogP contribution < -0.4 is 9.47 Å². The monoisotopic (exact) mass is 356 g/mol. The van der Waals surface area contributed by atoms with Crippen molar-refractivity contribution in [3.63, 3.8) is 0 Å². The molecular formula is C19H20N2O3S. The van der Waals surface area contributed by atoms with Crippen molar-refractivity contribution in [3.05, 3.63) is 53.1 Å². The molecule has 3 aromatic rings. The number of hydrogen-bond donors (Lipinski definition) is 0. The van der Waals surface area contributed by atoms with Crippen LogP contribution in [0.25, 0.3) is 11.5 Å². The van der Waals surface area contributed by atoms with Crippen molar-refractivity contribution >= 4 is 11.8 Å². The maximum atomic E-state index is 5.80. The van der Waals surface area contributed by atoms with Crippen LogP contribution in [0, 0.1) is 13.8 Å². The second-order valence-corrected chi connectivity index (χ2v) is 6.54. The van der Waals surface area contributed by atoms with E-state index in [1.54, 1.807) is 14.2 Å². The lowest BCUT2D eigenvalue weighted by Gasteiger charge is -2.11. The van der Waals surface area contributed by atoms with Gasteiger partial charge < -0.3 is 13.9 Å². The highest BCUT2D eigenvalue weighted by Crippen LogP contribution is 2.33. The molecule has 5 nitrogen and oxygen atoms in total. The van der Waals surface area contributed by atoms with Gasteiger partial charge in [0.25, 0.3) is 5.22 Å². The Morgan fingerprint density at radius 2 is 1.68 bits per heavy atom. The van der Waals surface area contributed by atoms with Crippen molar-refractivity contribution in [2.75, 3.05) is 14.2 Å². The molecule has 1 aromatic heterocycles. The fourth-order valence-corrected chi connectivity index (χ4v) is 3.33. The lowest BCUT2D eigenvalue weighted by atomic mass is 10.1. The van der Waals surface area contributed by atoms with Gasteiger partial charge in [0, 0.05) is 11.3 Å². The van der Waals surface area contributed by atoms with Crippen LogP contribution in [0.2, 0.25) is 0 Å². The summed E-state index contributed by atoms with van der Waals surface area (Å²) in [7, 11) is 3.27. The number of hydrogen-bond acceptors (Lipinski definition) is 6. The average molecular weight is 356 g/mol. The number of rotatable bonds is 6. The summed E-state index contributed by atoms with van der Waals surface area (Å²) in [5.74, 6) is 2.70. The van der Waals surface area contributed by atoms with Crippen LogP contribution in [0.3, 0.4) is 0 Å². The summed E-state index contributed by atoms with van der Waals surface area (Å²) < 4.78 is 16.5. The summed E-state index contributed by atoms with van der Waals surface area (Å²) in [4.78, 5) is 0. The minimum absolute atomic E-state index is 0.546. The first-order valence-corrected chi connectivity index (χ1v) is 8.84. The maximum absolute atomic E-state index is 5.80. The van der Waals surface area contributed by atoms with E-state index in [9.17, 15) is 0 Å². The van der Waals surface area contributed by atoms with E-state index in [1.807, 2.05) is 50.2 Å². The predicted octanol–water partition coefficient (Wildman–Crippen LogP) is 4.66. The Morgan fingerprint density at radius 3 is 2.40 bits per heavy atom. The van der Waals surface area contributed by atoms with Crippen molar-refractivity contribution < 1.29 is 13.9 Å². The number of aromatic nitrogens is 2. The molecule has 6 heteroatoms. The van der Waals surface area contributed by atoms with Gasteiger partial charge in [0.2, 0.25) is 5.89 Å². The van der Waals surface area contributed by atoms with Gasteiger partial charge in [-0.15, -0.1) is 10.2 Å². The van der Waals surface area contributed by atoms with Gasteiger partial charge in [0.1, 0.15) is 0 Å². The third-order valence-electron chi connectivity index (χ3n) is 3.98. The van der Waals surface area contributed by atoms with E-state index in [0.29, 0.717) is 16.9 Å². The standard InChI is InChI=1S/C19H20N2O3S/c1-12-7-5-6-8-15(12)18-20-21-19(24-18)25-11-14-10-17(23-4)16(22-3)9-13(14)2/h5-10H,11H2,1-4H3. The molecule has 0 spiro atoms. The van der Waals surface area contributed by atoms with Crippen molar-refractivity contribution in [2.45, 2.75) is 24.8 Å². The van der Waals surface area contributed by atoms with Crippen LogP contribution in [0.1, 0.15) is 16.7 Å². The van der Waals surface area contributed by atoms with Gasteiger partial charge in [0.15, 0.2) is 11.5 Å². The minimum atomic E-state index is 0.546. The average Bonchev–Trinajstić information content (AvgIpc) is 3.09. The van der Waals surface area contributed by atoms with Crippen molar-refractivity contribution in [1.82, 2.24) is 10.2 Å². The zero-order valence-electron chi connectivity index (χ0n) is 14.7. The van der Waals surface area contributed by atoms with Crippen LogP contribution in [-0.2, 0) is 5.75 Å². The van der Waals surface area contributed by atoms with Crippen molar-refractivity contribution in [3.8, 4) is 23.0 Å². The largest absolute Gasteiger partial charge is 0.493 e. The molecule has 0 saturated heterocycles. The van der Waals surface area contributed by atoms with Gasteiger partial charge in [-0.1, -0.05) is 30.0 Å².